The van der Waals surface area contributed by atoms with Gasteiger partial charge in [0.1, 0.15) is 0 Å². The first-order valence-electron chi connectivity index (χ1n) is 9.08. The molecule has 1 amide bonds. The zero-order valence-electron chi connectivity index (χ0n) is 15.0. The number of nitrogens with one attached hydrogen (secondary N) is 1. The van der Waals surface area contributed by atoms with E-state index < -0.39 is 5.66 Å². The lowest BCUT2D eigenvalue weighted by atomic mass is 9.94. The Balaban J connectivity index is 1.73. The van der Waals surface area contributed by atoms with Gasteiger partial charge in [-0.25, -0.2) is 14.6 Å². The summed E-state index contributed by atoms with van der Waals surface area (Å²) in [7, 11) is 0. The number of pyridine rings is 1. The number of amides is 1. The topological polar surface area (TPSA) is 111 Å². The fourth-order valence-electron chi connectivity index (χ4n) is 3.82. The fourth-order valence-corrected chi connectivity index (χ4v) is 3.82. The number of anilines is 2. The summed E-state index contributed by atoms with van der Waals surface area (Å²) in [5.74, 6) is 0.817. The third kappa shape index (κ3) is 2.45. The van der Waals surface area contributed by atoms with Gasteiger partial charge in [-0.3, -0.25) is 14.7 Å². The SMILES string of the molecule is O=C1N(C2CCOCC2)c2nccnc2NC1(c1cccnc1)n1ccnn1. The number of aromatic nitrogens is 6. The summed E-state index contributed by atoms with van der Waals surface area (Å²) in [5.41, 5.74) is -0.717. The molecule has 10 nitrogen and oxygen atoms in total. The lowest BCUT2D eigenvalue weighted by Crippen LogP contribution is -2.62. The summed E-state index contributed by atoms with van der Waals surface area (Å²) in [4.78, 5) is 28.9. The number of rotatable bonds is 3. The molecule has 142 valence electrons. The van der Waals surface area contributed by atoms with E-state index in [1.165, 1.54) is 10.9 Å². The molecule has 1 fully saturated rings. The maximum Gasteiger partial charge on any atom is 0.282 e. The number of fused-ring (bicyclic) bond motifs is 1. The van der Waals surface area contributed by atoms with Gasteiger partial charge in [-0.1, -0.05) is 11.3 Å². The van der Waals surface area contributed by atoms with Crippen LogP contribution in [-0.2, 0) is 15.2 Å². The number of hydrogen-bond acceptors (Lipinski definition) is 8. The molecule has 1 unspecified atom stereocenters. The molecule has 2 aliphatic heterocycles. The van der Waals surface area contributed by atoms with E-state index in [0.29, 0.717) is 30.4 Å². The molecule has 1 N–H and O–H groups in total. The lowest BCUT2D eigenvalue weighted by Gasteiger charge is -2.45. The Morgan fingerprint density at radius 1 is 1.14 bits per heavy atom. The minimum absolute atomic E-state index is 0.0432. The van der Waals surface area contributed by atoms with Gasteiger partial charge in [0.05, 0.1) is 6.20 Å². The first-order chi connectivity index (χ1) is 13.8. The zero-order valence-corrected chi connectivity index (χ0v) is 15.0. The van der Waals surface area contributed by atoms with E-state index in [0.717, 1.165) is 12.8 Å². The summed E-state index contributed by atoms with van der Waals surface area (Å²) in [6.07, 6.45) is 11.1. The van der Waals surface area contributed by atoms with E-state index in [4.69, 9.17) is 4.74 Å². The highest BCUT2D eigenvalue weighted by molar-refractivity contribution is 6.07. The Labute approximate surface area is 160 Å². The maximum absolute atomic E-state index is 14.0. The Bertz CT molecular complexity index is 974. The molecule has 2 aliphatic rings. The molecule has 5 heterocycles. The molecule has 0 spiro atoms. The van der Waals surface area contributed by atoms with Crippen molar-refractivity contribution in [2.24, 2.45) is 0 Å². The highest BCUT2D eigenvalue weighted by Crippen LogP contribution is 2.40. The second kappa shape index (κ2) is 6.64. The number of hydrogen-bond donors (Lipinski definition) is 1. The van der Waals surface area contributed by atoms with Crippen molar-refractivity contribution in [2.45, 2.75) is 24.5 Å². The van der Waals surface area contributed by atoms with Crippen LogP contribution in [0, 0.1) is 0 Å². The number of carbonyl (C=O) groups excluding carboxylic acids is 1. The smallest absolute Gasteiger partial charge is 0.282 e. The lowest BCUT2D eigenvalue weighted by molar-refractivity contribution is -0.126. The summed E-state index contributed by atoms with van der Waals surface area (Å²) >= 11 is 0. The van der Waals surface area contributed by atoms with Crippen molar-refractivity contribution >= 4 is 17.5 Å². The van der Waals surface area contributed by atoms with Crippen molar-refractivity contribution in [3.63, 3.8) is 0 Å². The molecule has 5 rings (SSSR count). The van der Waals surface area contributed by atoms with E-state index in [9.17, 15) is 4.79 Å². The van der Waals surface area contributed by atoms with Crippen LogP contribution < -0.4 is 10.2 Å². The van der Waals surface area contributed by atoms with Gasteiger partial charge in [0.2, 0.25) is 5.66 Å². The van der Waals surface area contributed by atoms with Gasteiger partial charge in [0.15, 0.2) is 11.6 Å². The van der Waals surface area contributed by atoms with Gasteiger partial charge < -0.3 is 10.1 Å². The number of nitrogens with zero attached hydrogens (tertiary/aromatic N) is 7. The molecule has 0 radical (unpaired) electrons. The van der Waals surface area contributed by atoms with Gasteiger partial charge in [0.25, 0.3) is 5.91 Å². The number of ether oxygens (including phenoxy) is 1. The quantitative estimate of drug-likeness (QED) is 0.713. The van der Waals surface area contributed by atoms with Gasteiger partial charge in [-0.15, -0.1) is 5.10 Å². The normalized spacial score (nSPS) is 22.6. The van der Waals surface area contributed by atoms with Crippen LogP contribution in [-0.4, -0.2) is 55.1 Å². The Morgan fingerprint density at radius 2 is 2.00 bits per heavy atom. The first kappa shape index (κ1) is 16.8. The largest absolute Gasteiger partial charge is 0.381 e. The van der Waals surface area contributed by atoms with Crippen LogP contribution in [0.3, 0.4) is 0 Å². The van der Waals surface area contributed by atoms with Crippen molar-refractivity contribution in [3.05, 3.63) is 54.9 Å². The minimum Gasteiger partial charge on any atom is -0.381 e. The minimum atomic E-state index is -1.36. The van der Waals surface area contributed by atoms with Crippen LogP contribution in [0.15, 0.2) is 49.3 Å². The van der Waals surface area contributed by atoms with Crippen LogP contribution >= 0.6 is 0 Å². The van der Waals surface area contributed by atoms with Gasteiger partial charge in [-0.2, -0.15) is 0 Å². The molecule has 3 aromatic heterocycles. The van der Waals surface area contributed by atoms with Crippen molar-refractivity contribution in [2.75, 3.05) is 23.4 Å². The fraction of sp³-hybridized carbons (Fsp3) is 0.333. The van der Waals surface area contributed by atoms with Crippen LogP contribution in [0.1, 0.15) is 18.4 Å². The summed E-state index contributed by atoms with van der Waals surface area (Å²) in [6, 6.07) is 3.58. The van der Waals surface area contributed by atoms with Crippen molar-refractivity contribution in [1.82, 2.24) is 29.9 Å². The molecular weight excluding hydrogens is 360 g/mol. The monoisotopic (exact) mass is 378 g/mol. The average Bonchev–Trinajstić information content (AvgIpc) is 3.30. The van der Waals surface area contributed by atoms with E-state index in [2.05, 4.69) is 30.6 Å². The molecule has 10 heteroatoms. The van der Waals surface area contributed by atoms with Gasteiger partial charge >= 0.3 is 0 Å². The molecule has 0 saturated carbocycles. The Morgan fingerprint density at radius 3 is 2.75 bits per heavy atom. The third-order valence-corrected chi connectivity index (χ3v) is 5.14. The molecule has 0 aliphatic carbocycles. The van der Waals surface area contributed by atoms with Gasteiger partial charge in [0, 0.05) is 55.8 Å². The third-order valence-electron chi connectivity index (χ3n) is 5.14. The molecule has 28 heavy (non-hydrogen) atoms. The number of carbonyl (C=O) groups is 1. The Hall–Kier alpha value is -3.40. The second-order valence-corrected chi connectivity index (χ2v) is 6.67. The molecule has 3 aromatic rings. The predicted molar refractivity (Wildman–Crippen MR) is 98.3 cm³/mol. The van der Waals surface area contributed by atoms with Crippen LogP contribution in [0.4, 0.5) is 11.6 Å². The predicted octanol–water partition coefficient (Wildman–Crippen LogP) is 0.802. The van der Waals surface area contributed by atoms with E-state index >= 15 is 0 Å². The summed E-state index contributed by atoms with van der Waals surface area (Å²) < 4.78 is 7.01. The highest BCUT2D eigenvalue weighted by atomic mass is 16.5. The van der Waals surface area contributed by atoms with Crippen LogP contribution in [0.25, 0.3) is 0 Å². The highest BCUT2D eigenvalue weighted by Gasteiger charge is 2.53. The first-order valence-corrected chi connectivity index (χ1v) is 9.08. The summed E-state index contributed by atoms with van der Waals surface area (Å²) in [5, 5.41) is 11.3. The average molecular weight is 378 g/mol. The molecule has 0 aromatic carbocycles. The standard InChI is InChI=1S/C18H18N8O2/c27-17-18(25-9-8-22-24-25,13-2-1-5-19-12-13)23-15-16(21-7-6-20-15)26(17)14-3-10-28-11-4-14/h1-2,5-9,12,14H,3-4,10-11H2,(H,20,23). The van der Waals surface area contributed by atoms with Crippen molar-refractivity contribution in [1.29, 1.82) is 0 Å². The van der Waals surface area contributed by atoms with Crippen molar-refractivity contribution < 1.29 is 9.53 Å². The zero-order chi connectivity index (χ0) is 19.0. The van der Waals surface area contributed by atoms with E-state index in [-0.39, 0.29) is 11.9 Å². The molecule has 1 saturated heterocycles. The van der Waals surface area contributed by atoms with E-state index in [1.54, 1.807) is 42.0 Å². The molecule has 0 bridgehead atoms. The second-order valence-electron chi connectivity index (χ2n) is 6.67. The molecule has 1 atom stereocenters. The van der Waals surface area contributed by atoms with E-state index in [1.807, 2.05) is 6.07 Å². The van der Waals surface area contributed by atoms with Crippen LogP contribution in [0.2, 0.25) is 0 Å². The Kier molecular flexibility index (Phi) is 3.97. The maximum atomic E-state index is 14.0. The summed E-state index contributed by atoms with van der Waals surface area (Å²) in [6.45, 7) is 1.20. The van der Waals surface area contributed by atoms with Crippen LogP contribution in [0.5, 0.6) is 0 Å². The molecular formula is C18H18N8O2. The van der Waals surface area contributed by atoms with Crippen molar-refractivity contribution in [3.8, 4) is 0 Å². The van der Waals surface area contributed by atoms with Gasteiger partial charge in [-0.05, 0) is 18.9 Å².